The van der Waals surface area contributed by atoms with Crippen LogP contribution < -0.4 is 10.1 Å². The summed E-state index contributed by atoms with van der Waals surface area (Å²) in [5.74, 6) is 0.773. The average molecular weight is 260 g/mol. The molecule has 1 atom stereocenters. The lowest BCUT2D eigenvalue weighted by molar-refractivity contribution is -0.122. The Morgan fingerprint density at radius 3 is 2.79 bits per heavy atom. The monoisotopic (exact) mass is 260 g/mol. The number of benzene rings is 1. The normalized spacial score (nSPS) is 11.7. The number of hydrogen-bond acceptors (Lipinski definition) is 3. The van der Waals surface area contributed by atoms with Gasteiger partial charge in [-0.15, -0.1) is 0 Å². The smallest absolute Gasteiger partial charge is 0.228 e. The van der Waals surface area contributed by atoms with Crippen LogP contribution >= 0.6 is 0 Å². The molecule has 4 nitrogen and oxygen atoms in total. The molecule has 1 rings (SSSR count). The van der Waals surface area contributed by atoms with Crippen LogP contribution in [-0.2, 0) is 4.79 Å². The Morgan fingerprint density at radius 1 is 1.47 bits per heavy atom. The van der Waals surface area contributed by atoms with E-state index in [0.29, 0.717) is 5.92 Å². The van der Waals surface area contributed by atoms with Gasteiger partial charge in [0.2, 0.25) is 5.91 Å². The van der Waals surface area contributed by atoms with Crippen LogP contribution in [0.2, 0.25) is 0 Å². The maximum absolute atomic E-state index is 12.1. The van der Waals surface area contributed by atoms with Crippen LogP contribution in [0, 0.1) is 17.2 Å². The first-order valence-corrected chi connectivity index (χ1v) is 6.37. The van der Waals surface area contributed by atoms with Crippen molar-refractivity contribution in [3.05, 3.63) is 29.8 Å². The predicted molar refractivity (Wildman–Crippen MR) is 73.8 cm³/mol. The summed E-state index contributed by atoms with van der Waals surface area (Å²) in [5.41, 5.74) is 0.920. The summed E-state index contributed by atoms with van der Waals surface area (Å²) in [6.45, 7) is 4.19. The van der Waals surface area contributed by atoms with Gasteiger partial charge in [0, 0.05) is 0 Å². The number of carbonyl (C=O) groups is 1. The predicted octanol–water partition coefficient (Wildman–Crippen LogP) is 2.46. The molecule has 1 unspecified atom stereocenters. The maximum Gasteiger partial charge on any atom is 0.228 e. The van der Waals surface area contributed by atoms with E-state index in [0.717, 1.165) is 17.7 Å². The minimum atomic E-state index is -0.247. The third-order valence-corrected chi connectivity index (χ3v) is 2.86. The van der Waals surface area contributed by atoms with Gasteiger partial charge < -0.3 is 10.1 Å². The summed E-state index contributed by atoms with van der Waals surface area (Å²) in [4.78, 5) is 12.1. The molecule has 0 saturated carbocycles. The highest BCUT2D eigenvalue weighted by Gasteiger charge is 2.21. The van der Waals surface area contributed by atoms with Crippen molar-refractivity contribution < 1.29 is 9.53 Å². The van der Waals surface area contributed by atoms with Crippen molar-refractivity contribution in [2.24, 2.45) is 5.92 Å². The molecule has 0 bridgehead atoms. The molecule has 0 heterocycles. The first-order valence-electron chi connectivity index (χ1n) is 6.37. The molecule has 0 fully saturated rings. The highest BCUT2D eigenvalue weighted by Crippen LogP contribution is 2.26. The number of nitrogens with one attached hydrogen (secondary N) is 1. The quantitative estimate of drug-likeness (QED) is 0.799. The van der Waals surface area contributed by atoms with E-state index >= 15 is 0 Å². The van der Waals surface area contributed by atoms with Crippen LogP contribution in [0.4, 0.5) is 0 Å². The molecule has 0 aromatic heterocycles. The van der Waals surface area contributed by atoms with E-state index in [1.807, 2.05) is 30.3 Å². The lowest BCUT2D eigenvalue weighted by Crippen LogP contribution is -2.30. The molecule has 102 valence electrons. The molecule has 0 saturated heterocycles. The molecule has 1 amide bonds. The standard InChI is InChI=1S/C15H20N2O2/c1-11(2)9-14(15(18)17-8-7-16)12-5-4-6-13(10-12)19-3/h4-6,10-11,14H,8-9H2,1-3H3,(H,17,18). The fourth-order valence-corrected chi connectivity index (χ4v) is 1.97. The zero-order valence-corrected chi connectivity index (χ0v) is 11.6. The average Bonchev–Trinajstić information content (AvgIpc) is 2.42. The molecule has 0 spiro atoms. The van der Waals surface area contributed by atoms with Gasteiger partial charge >= 0.3 is 0 Å². The summed E-state index contributed by atoms with van der Waals surface area (Å²) in [7, 11) is 1.60. The van der Waals surface area contributed by atoms with E-state index in [-0.39, 0.29) is 18.4 Å². The van der Waals surface area contributed by atoms with Gasteiger partial charge in [0.15, 0.2) is 0 Å². The van der Waals surface area contributed by atoms with Gasteiger partial charge in [-0.05, 0) is 30.0 Å². The van der Waals surface area contributed by atoms with E-state index in [2.05, 4.69) is 19.2 Å². The van der Waals surface area contributed by atoms with Gasteiger partial charge in [0.05, 0.1) is 19.1 Å². The minimum absolute atomic E-state index is 0.0391. The molecule has 0 aliphatic carbocycles. The molecule has 1 aromatic carbocycles. The Balaban J connectivity index is 2.95. The molecule has 19 heavy (non-hydrogen) atoms. The molecule has 0 radical (unpaired) electrons. The Hall–Kier alpha value is -2.02. The largest absolute Gasteiger partial charge is 0.497 e. The van der Waals surface area contributed by atoms with Gasteiger partial charge in [-0.3, -0.25) is 4.79 Å². The van der Waals surface area contributed by atoms with Crippen LogP contribution in [0.3, 0.4) is 0 Å². The van der Waals surface area contributed by atoms with Crippen LogP contribution in [0.5, 0.6) is 5.75 Å². The number of rotatable bonds is 6. The van der Waals surface area contributed by atoms with E-state index in [1.165, 1.54) is 0 Å². The van der Waals surface area contributed by atoms with Crippen LogP contribution in [0.25, 0.3) is 0 Å². The Morgan fingerprint density at radius 2 is 2.21 bits per heavy atom. The molecule has 1 aromatic rings. The topological polar surface area (TPSA) is 62.1 Å². The zero-order chi connectivity index (χ0) is 14.3. The molecular formula is C15H20N2O2. The van der Waals surface area contributed by atoms with Crippen molar-refractivity contribution >= 4 is 5.91 Å². The summed E-state index contributed by atoms with van der Waals surface area (Å²) in [6.07, 6.45) is 0.741. The summed E-state index contributed by atoms with van der Waals surface area (Å²) >= 11 is 0. The van der Waals surface area contributed by atoms with Crippen molar-refractivity contribution in [3.8, 4) is 11.8 Å². The van der Waals surface area contributed by atoms with Crippen LogP contribution in [0.15, 0.2) is 24.3 Å². The second kappa shape index (κ2) is 7.42. The fraction of sp³-hybridized carbons (Fsp3) is 0.467. The molecule has 4 heteroatoms. The third kappa shape index (κ3) is 4.63. The van der Waals surface area contributed by atoms with Gasteiger partial charge in [-0.2, -0.15) is 5.26 Å². The minimum Gasteiger partial charge on any atom is -0.497 e. The van der Waals surface area contributed by atoms with Crippen LogP contribution in [-0.4, -0.2) is 19.6 Å². The molecular weight excluding hydrogens is 240 g/mol. The molecule has 0 aliphatic rings. The number of methoxy groups -OCH3 is 1. The Kier molecular flexibility index (Phi) is 5.87. The summed E-state index contributed by atoms with van der Waals surface area (Å²) in [5, 5.41) is 11.2. The Labute approximate surface area is 114 Å². The molecule has 1 N–H and O–H groups in total. The van der Waals surface area contributed by atoms with Gasteiger partial charge in [0.1, 0.15) is 12.3 Å². The fourth-order valence-electron chi connectivity index (χ4n) is 1.97. The second-order valence-electron chi connectivity index (χ2n) is 4.83. The van der Waals surface area contributed by atoms with E-state index < -0.39 is 0 Å². The van der Waals surface area contributed by atoms with Crippen molar-refractivity contribution in [3.63, 3.8) is 0 Å². The number of ether oxygens (including phenoxy) is 1. The number of carbonyl (C=O) groups excluding carboxylic acids is 1. The summed E-state index contributed by atoms with van der Waals surface area (Å²) in [6, 6.07) is 9.44. The summed E-state index contributed by atoms with van der Waals surface area (Å²) < 4.78 is 5.19. The van der Waals surface area contributed by atoms with Crippen molar-refractivity contribution in [2.45, 2.75) is 26.2 Å². The van der Waals surface area contributed by atoms with Crippen LogP contribution in [0.1, 0.15) is 31.7 Å². The third-order valence-electron chi connectivity index (χ3n) is 2.86. The van der Waals surface area contributed by atoms with Gasteiger partial charge in [-0.25, -0.2) is 0 Å². The second-order valence-corrected chi connectivity index (χ2v) is 4.83. The number of hydrogen-bond donors (Lipinski definition) is 1. The van der Waals surface area contributed by atoms with Crippen molar-refractivity contribution in [1.29, 1.82) is 5.26 Å². The van der Waals surface area contributed by atoms with Gasteiger partial charge in [-0.1, -0.05) is 26.0 Å². The van der Waals surface area contributed by atoms with Crippen molar-refractivity contribution in [2.75, 3.05) is 13.7 Å². The van der Waals surface area contributed by atoms with E-state index in [4.69, 9.17) is 10.00 Å². The lowest BCUT2D eigenvalue weighted by atomic mass is 9.89. The van der Waals surface area contributed by atoms with Crippen molar-refractivity contribution in [1.82, 2.24) is 5.32 Å². The lowest BCUT2D eigenvalue weighted by Gasteiger charge is -2.19. The maximum atomic E-state index is 12.1. The highest BCUT2D eigenvalue weighted by molar-refractivity contribution is 5.83. The first kappa shape index (κ1) is 15.0. The van der Waals surface area contributed by atoms with E-state index in [9.17, 15) is 4.79 Å². The number of nitrogens with zero attached hydrogens (tertiary/aromatic N) is 1. The first-order chi connectivity index (χ1) is 9.08. The van der Waals surface area contributed by atoms with E-state index in [1.54, 1.807) is 7.11 Å². The SMILES string of the molecule is COc1cccc(C(CC(C)C)C(=O)NCC#N)c1. The molecule has 0 aliphatic heterocycles. The Bertz CT molecular complexity index is 463. The van der Waals surface area contributed by atoms with Gasteiger partial charge in [0.25, 0.3) is 0 Å². The number of nitriles is 1. The highest BCUT2D eigenvalue weighted by atomic mass is 16.5. The number of amides is 1. The zero-order valence-electron chi connectivity index (χ0n) is 11.6.